The van der Waals surface area contributed by atoms with Gasteiger partial charge in [-0.25, -0.2) is 0 Å². The molecule has 4 atom stereocenters. The van der Waals surface area contributed by atoms with Crippen LogP contribution >= 0.6 is 0 Å². The number of nitrogens with one attached hydrogen (secondary N) is 1. The molecule has 4 unspecified atom stereocenters. The summed E-state index contributed by atoms with van der Waals surface area (Å²) in [5.41, 5.74) is 0. The molecule has 1 heterocycles. The van der Waals surface area contributed by atoms with Crippen molar-refractivity contribution in [1.29, 1.82) is 0 Å². The fraction of sp³-hybridized carbons (Fsp3) is 1.00. The van der Waals surface area contributed by atoms with Crippen LogP contribution in [0.3, 0.4) is 0 Å². The molecule has 16 heavy (non-hydrogen) atoms. The molecule has 0 aromatic carbocycles. The molecule has 94 valence electrons. The van der Waals surface area contributed by atoms with Crippen LogP contribution in [0, 0.1) is 5.92 Å². The highest BCUT2D eigenvalue weighted by Crippen LogP contribution is 2.29. The predicted octanol–water partition coefficient (Wildman–Crippen LogP) is 2.64. The summed E-state index contributed by atoms with van der Waals surface area (Å²) in [6, 6.07) is 2.25. The molecule has 0 radical (unpaired) electrons. The summed E-state index contributed by atoms with van der Waals surface area (Å²) >= 11 is 0. The molecular weight excluding hydrogens is 196 g/mol. The van der Waals surface area contributed by atoms with Crippen LogP contribution in [-0.2, 0) is 0 Å². The molecule has 1 aliphatic heterocycles. The van der Waals surface area contributed by atoms with Crippen molar-refractivity contribution in [2.75, 3.05) is 13.1 Å². The number of piperazine rings is 1. The third-order valence-corrected chi connectivity index (χ3v) is 4.55. The average molecular weight is 224 g/mol. The molecule has 0 aromatic rings. The van der Waals surface area contributed by atoms with Gasteiger partial charge in [-0.3, -0.25) is 4.90 Å². The maximum Gasteiger partial charge on any atom is 0.0196 e. The van der Waals surface area contributed by atoms with Crippen LogP contribution in [0.15, 0.2) is 0 Å². The van der Waals surface area contributed by atoms with E-state index in [0.717, 1.165) is 18.0 Å². The average Bonchev–Trinajstić information content (AvgIpc) is 2.47. The zero-order chi connectivity index (χ0) is 11.5. The second-order valence-corrected chi connectivity index (χ2v) is 6.04. The summed E-state index contributed by atoms with van der Waals surface area (Å²) in [7, 11) is 0. The second kappa shape index (κ2) is 5.50. The summed E-state index contributed by atoms with van der Waals surface area (Å²) < 4.78 is 0. The van der Waals surface area contributed by atoms with Gasteiger partial charge in [0, 0.05) is 31.2 Å². The normalized spacial score (nSPS) is 42.9. The van der Waals surface area contributed by atoms with Crippen molar-refractivity contribution in [3.8, 4) is 0 Å². The first kappa shape index (κ1) is 12.4. The molecular formula is C14H28N2. The number of hydrogen-bond donors (Lipinski definition) is 1. The van der Waals surface area contributed by atoms with E-state index in [1.165, 1.54) is 45.2 Å². The van der Waals surface area contributed by atoms with Crippen molar-refractivity contribution in [1.82, 2.24) is 10.2 Å². The Morgan fingerprint density at radius 1 is 1.00 bits per heavy atom. The quantitative estimate of drug-likeness (QED) is 0.689. The Morgan fingerprint density at radius 2 is 1.75 bits per heavy atom. The Bertz CT molecular complexity index is 217. The smallest absolute Gasteiger partial charge is 0.0196 e. The third kappa shape index (κ3) is 2.78. The Kier molecular flexibility index (Phi) is 4.26. The molecule has 2 fully saturated rings. The maximum absolute atomic E-state index is 3.59. The zero-order valence-electron chi connectivity index (χ0n) is 11.2. The monoisotopic (exact) mass is 224 g/mol. The highest BCUT2D eigenvalue weighted by Gasteiger charge is 2.32. The highest BCUT2D eigenvalue weighted by molar-refractivity contribution is 4.89. The van der Waals surface area contributed by atoms with Gasteiger partial charge in [-0.1, -0.05) is 26.2 Å². The zero-order valence-corrected chi connectivity index (χ0v) is 11.2. The number of rotatable bonds is 1. The molecule has 1 aliphatic carbocycles. The molecule has 0 amide bonds. The van der Waals surface area contributed by atoms with Crippen molar-refractivity contribution in [3.63, 3.8) is 0 Å². The Labute approximate surface area is 101 Å². The molecule has 0 bridgehead atoms. The van der Waals surface area contributed by atoms with E-state index < -0.39 is 0 Å². The first-order valence-corrected chi connectivity index (χ1v) is 7.17. The summed E-state index contributed by atoms with van der Waals surface area (Å²) in [5, 5.41) is 3.59. The maximum atomic E-state index is 3.59. The summed E-state index contributed by atoms with van der Waals surface area (Å²) in [5.74, 6) is 0.898. The number of hydrogen-bond acceptors (Lipinski definition) is 2. The van der Waals surface area contributed by atoms with Crippen LogP contribution in [0.5, 0.6) is 0 Å². The molecule has 2 aliphatic rings. The van der Waals surface area contributed by atoms with Gasteiger partial charge in [0.15, 0.2) is 0 Å². The fourth-order valence-corrected chi connectivity index (χ4v) is 3.48. The molecule has 2 rings (SSSR count). The molecule has 2 nitrogen and oxygen atoms in total. The van der Waals surface area contributed by atoms with Crippen LogP contribution in [-0.4, -0.2) is 36.1 Å². The van der Waals surface area contributed by atoms with E-state index in [1.807, 2.05) is 0 Å². The topological polar surface area (TPSA) is 15.3 Å². The first-order valence-electron chi connectivity index (χ1n) is 7.17. The van der Waals surface area contributed by atoms with E-state index in [1.54, 1.807) is 0 Å². The van der Waals surface area contributed by atoms with E-state index in [-0.39, 0.29) is 0 Å². The first-order chi connectivity index (χ1) is 7.68. The Morgan fingerprint density at radius 3 is 2.56 bits per heavy atom. The van der Waals surface area contributed by atoms with Gasteiger partial charge in [-0.15, -0.1) is 0 Å². The van der Waals surface area contributed by atoms with E-state index in [2.05, 4.69) is 31.0 Å². The summed E-state index contributed by atoms with van der Waals surface area (Å²) in [6.45, 7) is 9.59. The van der Waals surface area contributed by atoms with Gasteiger partial charge in [0.1, 0.15) is 0 Å². The van der Waals surface area contributed by atoms with Crippen molar-refractivity contribution in [2.24, 2.45) is 5.92 Å². The molecule has 1 saturated heterocycles. The number of nitrogens with zero attached hydrogens (tertiary/aromatic N) is 1. The highest BCUT2D eigenvalue weighted by atomic mass is 15.3. The minimum atomic E-state index is 0.673. The summed E-state index contributed by atoms with van der Waals surface area (Å²) in [6.07, 6.45) is 7.22. The van der Waals surface area contributed by atoms with Gasteiger partial charge < -0.3 is 5.32 Å². The van der Waals surface area contributed by atoms with Crippen LogP contribution in [0.25, 0.3) is 0 Å². The predicted molar refractivity (Wildman–Crippen MR) is 69.7 cm³/mol. The van der Waals surface area contributed by atoms with E-state index in [9.17, 15) is 0 Å². The summed E-state index contributed by atoms with van der Waals surface area (Å²) in [4.78, 5) is 2.79. The standard InChI is InChI=1S/C14H28N2/c1-11-7-5-4-6-8-14(11)16-10-12(2)15-9-13(16)3/h11-15H,4-10H2,1-3H3. The fourth-order valence-electron chi connectivity index (χ4n) is 3.48. The minimum absolute atomic E-state index is 0.673. The SMILES string of the molecule is CC1CN(C2CCCCCC2C)C(C)CN1. The van der Waals surface area contributed by atoms with E-state index in [0.29, 0.717) is 6.04 Å². The van der Waals surface area contributed by atoms with Crippen molar-refractivity contribution >= 4 is 0 Å². The van der Waals surface area contributed by atoms with Gasteiger partial charge in [0.25, 0.3) is 0 Å². The van der Waals surface area contributed by atoms with E-state index in [4.69, 9.17) is 0 Å². The van der Waals surface area contributed by atoms with E-state index >= 15 is 0 Å². The van der Waals surface area contributed by atoms with Crippen molar-refractivity contribution in [3.05, 3.63) is 0 Å². The Hall–Kier alpha value is -0.0800. The largest absolute Gasteiger partial charge is 0.311 e. The molecule has 1 saturated carbocycles. The lowest BCUT2D eigenvalue weighted by Gasteiger charge is -2.44. The van der Waals surface area contributed by atoms with Gasteiger partial charge in [0.05, 0.1) is 0 Å². The molecule has 0 spiro atoms. The van der Waals surface area contributed by atoms with Crippen molar-refractivity contribution in [2.45, 2.75) is 71.0 Å². The van der Waals surface area contributed by atoms with Crippen LogP contribution in [0.4, 0.5) is 0 Å². The Balaban J connectivity index is 2.02. The van der Waals surface area contributed by atoms with Crippen molar-refractivity contribution < 1.29 is 0 Å². The van der Waals surface area contributed by atoms with Gasteiger partial charge in [0.2, 0.25) is 0 Å². The molecule has 1 N–H and O–H groups in total. The van der Waals surface area contributed by atoms with Gasteiger partial charge in [-0.2, -0.15) is 0 Å². The minimum Gasteiger partial charge on any atom is -0.311 e. The third-order valence-electron chi connectivity index (χ3n) is 4.55. The lowest BCUT2D eigenvalue weighted by molar-refractivity contribution is 0.0621. The van der Waals surface area contributed by atoms with Crippen LogP contribution in [0.2, 0.25) is 0 Å². The second-order valence-electron chi connectivity index (χ2n) is 6.04. The lowest BCUT2D eigenvalue weighted by Crippen LogP contribution is -2.58. The molecule has 2 heteroatoms. The van der Waals surface area contributed by atoms with Crippen LogP contribution < -0.4 is 5.32 Å². The molecule has 0 aromatic heterocycles. The van der Waals surface area contributed by atoms with Gasteiger partial charge >= 0.3 is 0 Å². The lowest BCUT2D eigenvalue weighted by atomic mass is 9.93. The van der Waals surface area contributed by atoms with Crippen LogP contribution in [0.1, 0.15) is 52.9 Å². The van der Waals surface area contributed by atoms with Gasteiger partial charge in [-0.05, 0) is 32.6 Å².